The van der Waals surface area contributed by atoms with Gasteiger partial charge in [0.1, 0.15) is 0 Å². The number of ether oxygens (including phenoxy) is 2. The monoisotopic (exact) mass is 345 g/mol. The number of fused-ring (bicyclic) bond motifs is 1. The lowest BCUT2D eigenvalue weighted by molar-refractivity contribution is -0.156. The molecule has 2 saturated heterocycles. The van der Waals surface area contributed by atoms with Crippen molar-refractivity contribution >= 4 is 16.9 Å². The van der Waals surface area contributed by atoms with Crippen LogP contribution in [0.25, 0.3) is 11.0 Å². The number of H-pyrrole nitrogens is 1. The Labute approximate surface area is 145 Å². The van der Waals surface area contributed by atoms with Gasteiger partial charge in [-0.25, -0.2) is 4.79 Å². The number of carbonyl (C=O) groups excluding carboxylic acids is 1. The van der Waals surface area contributed by atoms with Crippen LogP contribution in [0.2, 0.25) is 0 Å². The van der Waals surface area contributed by atoms with Gasteiger partial charge in [0, 0.05) is 32.7 Å². The van der Waals surface area contributed by atoms with Crippen LogP contribution < -0.4 is 5.69 Å². The Morgan fingerprint density at radius 3 is 2.76 bits per heavy atom. The van der Waals surface area contributed by atoms with Crippen LogP contribution in [0.1, 0.15) is 25.3 Å². The SMILES string of the molecule is COC1(C(=O)N2CCC(n3c(=O)[nH]c4ccccc43)CC2)CCOC1. The summed E-state index contributed by atoms with van der Waals surface area (Å²) in [6.07, 6.45) is 2.12. The van der Waals surface area contributed by atoms with Gasteiger partial charge in [0.15, 0.2) is 5.60 Å². The number of amides is 1. The van der Waals surface area contributed by atoms with E-state index in [1.807, 2.05) is 33.7 Å². The second-order valence-electron chi connectivity index (χ2n) is 6.84. The number of benzene rings is 1. The average Bonchev–Trinajstić information content (AvgIpc) is 3.25. The van der Waals surface area contributed by atoms with Crippen LogP contribution in [-0.2, 0) is 14.3 Å². The number of methoxy groups -OCH3 is 1. The van der Waals surface area contributed by atoms with Crippen LogP contribution in [0.3, 0.4) is 0 Å². The molecule has 0 bridgehead atoms. The van der Waals surface area contributed by atoms with E-state index in [2.05, 4.69) is 4.98 Å². The number of aromatic amines is 1. The molecule has 0 radical (unpaired) electrons. The van der Waals surface area contributed by atoms with Crippen molar-refractivity contribution in [1.29, 1.82) is 0 Å². The molecule has 2 aliphatic rings. The molecule has 4 rings (SSSR count). The van der Waals surface area contributed by atoms with Gasteiger partial charge in [-0.3, -0.25) is 9.36 Å². The minimum atomic E-state index is -0.829. The molecule has 1 amide bonds. The highest BCUT2D eigenvalue weighted by Gasteiger charge is 2.45. The van der Waals surface area contributed by atoms with Crippen LogP contribution in [0.5, 0.6) is 0 Å². The summed E-state index contributed by atoms with van der Waals surface area (Å²) in [4.78, 5) is 30.0. The van der Waals surface area contributed by atoms with Crippen LogP contribution in [0.15, 0.2) is 29.1 Å². The smallest absolute Gasteiger partial charge is 0.326 e. The second kappa shape index (κ2) is 6.31. The largest absolute Gasteiger partial charge is 0.378 e. The molecule has 1 N–H and O–H groups in total. The molecule has 2 aromatic rings. The molecule has 2 aliphatic heterocycles. The zero-order valence-electron chi connectivity index (χ0n) is 14.4. The van der Waals surface area contributed by atoms with E-state index in [1.54, 1.807) is 7.11 Å². The topological polar surface area (TPSA) is 76.6 Å². The van der Waals surface area contributed by atoms with Crippen molar-refractivity contribution in [3.8, 4) is 0 Å². The average molecular weight is 345 g/mol. The highest BCUT2D eigenvalue weighted by atomic mass is 16.6. The van der Waals surface area contributed by atoms with E-state index in [9.17, 15) is 9.59 Å². The molecule has 7 heteroatoms. The predicted molar refractivity (Wildman–Crippen MR) is 92.6 cm³/mol. The maximum absolute atomic E-state index is 12.9. The van der Waals surface area contributed by atoms with Crippen molar-refractivity contribution in [1.82, 2.24) is 14.5 Å². The number of aromatic nitrogens is 2. The zero-order valence-corrected chi connectivity index (χ0v) is 14.4. The van der Waals surface area contributed by atoms with Gasteiger partial charge in [-0.15, -0.1) is 0 Å². The summed E-state index contributed by atoms with van der Waals surface area (Å²) in [6, 6.07) is 7.82. The number of hydrogen-bond donors (Lipinski definition) is 1. The first-order chi connectivity index (χ1) is 12.1. The van der Waals surface area contributed by atoms with E-state index in [0.717, 1.165) is 23.9 Å². The first-order valence-electron chi connectivity index (χ1n) is 8.76. The number of piperidine rings is 1. The van der Waals surface area contributed by atoms with E-state index in [4.69, 9.17) is 9.47 Å². The lowest BCUT2D eigenvalue weighted by Gasteiger charge is -2.37. The molecule has 1 atom stereocenters. The number of nitrogens with zero attached hydrogens (tertiary/aromatic N) is 2. The maximum Gasteiger partial charge on any atom is 0.326 e. The number of imidazole rings is 1. The number of carbonyl (C=O) groups is 1. The first kappa shape index (κ1) is 16.4. The molecule has 1 aromatic carbocycles. The third kappa shape index (κ3) is 2.67. The molecule has 0 spiro atoms. The normalized spacial score (nSPS) is 24.9. The fourth-order valence-corrected chi connectivity index (χ4v) is 4.02. The summed E-state index contributed by atoms with van der Waals surface area (Å²) in [6.45, 7) is 2.13. The van der Waals surface area contributed by atoms with Gasteiger partial charge in [0.05, 0.1) is 24.2 Å². The van der Waals surface area contributed by atoms with E-state index < -0.39 is 5.60 Å². The summed E-state index contributed by atoms with van der Waals surface area (Å²) < 4.78 is 12.7. The minimum Gasteiger partial charge on any atom is -0.378 e. The molecule has 25 heavy (non-hydrogen) atoms. The Balaban J connectivity index is 1.51. The predicted octanol–water partition coefficient (Wildman–Crippen LogP) is 1.30. The Hall–Kier alpha value is -2.12. The highest BCUT2D eigenvalue weighted by molar-refractivity contribution is 5.86. The zero-order chi connectivity index (χ0) is 17.4. The van der Waals surface area contributed by atoms with Gasteiger partial charge in [-0.05, 0) is 25.0 Å². The number of rotatable bonds is 3. The Morgan fingerprint density at radius 1 is 1.32 bits per heavy atom. The summed E-state index contributed by atoms with van der Waals surface area (Å²) in [5, 5.41) is 0. The molecule has 2 fully saturated rings. The number of hydrogen-bond acceptors (Lipinski definition) is 4. The molecule has 0 saturated carbocycles. The summed E-state index contributed by atoms with van der Waals surface area (Å²) in [5.41, 5.74) is 0.871. The quantitative estimate of drug-likeness (QED) is 0.910. The third-order valence-electron chi connectivity index (χ3n) is 5.51. The Morgan fingerprint density at radius 2 is 2.08 bits per heavy atom. The van der Waals surface area contributed by atoms with Gasteiger partial charge in [0.25, 0.3) is 5.91 Å². The molecule has 1 aromatic heterocycles. The van der Waals surface area contributed by atoms with Crippen molar-refractivity contribution in [3.63, 3.8) is 0 Å². The third-order valence-corrected chi connectivity index (χ3v) is 5.51. The molecule has 134 valence electrons. The van der Waals surface area contributed by atoms with Crippen molar-refractivity contribution in [2.24, 2.45) is 0 Å². The van der Waals surface area contributed by atoms with Crippen molar-refractivity contribution < 1.29 is 14.3 Å². The van der Waals surface area contributed by atoms with E-state index >= 15 is 0 Å². The van der Waals surface area contributed by atoms with Gasteiger partial charge >= 0.3 is 5.69 Å². The molecule has 0 aliphatic carbocycles. The van der Waals surface area contributed by atoms with Crippen LogP contribution in [0, 0.1) is 0 Å². The lowest BCUT2D eigenvalue weighted by atomic mass is 9.97. The molecular weight excluding hydrogens is 322 g/mol. The standard InChI is InChI=1S/C18H23N3O4/c1-24-18(8-11-25-12-18)16(22)20-9-6-13(7-10-20)21-15-5-3-2-4-14(15)19-17(21)23/h2-5,13H,6-12H2,1H3,(H,19,23). The fraction of sp³-hybridized carbons (Fsp3) is 0.556. The summed E-state index contributed by atoms with van der Waals surface area (Å²) >= 11 is 0. The molecular formula is C18H23N3O4. The van der Waals surface area contributed by atoms with E-state index in [0.29, 0.717) is 32.7 Å². The van der Waals surface area contributed by atoms with Crippen LogP contribution >= 0.6 is 0 Å². The number of para-hydroxylation sites is 2. The summed E-state index contributed by atoms with van der Waals surface area (Å²) in [5.74, 6) is 0.0113. The Bertz CT molecular complexity index is 826. The Kier molecular flexibility index (Phi) is 4.13. The van der Waals surface area contributed by atoms with Gasteiger partial charge in [-0.2, -0.15) is 0 Å². The summed E-state index contributed by atoms with van der Waals surface area (Å²) in [7, 11) is 1.57. The van der Waals surface area contributed by atoms with E-state index in [-0.39, 0.29) is 17.6 Å². The van der Waals surface area contributed by atoms with Crippen LogP contribution in [0.4, 0.5) is 0 Å². The van der Waals surface area contributed by atoms with Gasteiger partial charge in [0.2, 0.25) is 0 Å². The molecule has 1 unspecified atom stereocenters. The second-order valence-corrected chi connectivity index (χ2v) is 6.84. The highest BCUT2D eigenvalue weighted by Crippen LogP contribution is 2.30. The van der Waals surface area contributed by atoms with Crippen LogP contribution in [-0.4, -0.2) is 59.4 Å². The fourth-order valence-electron chi connectivity index (χ4n) is 4.02. The number of nitrogens with one attached hydrogen (secondary N) is 1. The lowest BCUT2D eigenvalue weighted by Crippen LogP contribution is -2.53. The molecule has 3 heterocycles. The number of likely N-dealkylation sites (tertiary alicyclic amines) is 1. The van der Waals surface area contributed by atoms with Crippen molar-refractivity contribution in [3.05, 3.63) is 34.7 Å². The minimum absolute atomic E-state index is 0.0113. The van der Waals surface area contributed by atoms with Crippen molar-refractivity contribution in [2.75, 3.05) is 33.4 Å². The maximum atomic E-state index is 12.9. The van der Waals surface area contributed by atoms with Gasteiger partial charge < -0.3 is 19.4 Å². The van der Waals surface area contributed by atoms with Crippen molar-refractivity contribution in [2.45, 2.75) is 30.9 Å². The van der Waals surface area contributed by atoms with E-state index in [1.165, 1.54) is 0 Å². The first-order valence-corrected chi connectivity index (χ1v) is 8.76. The van der Waals surface area contributed by atoms with Gasteiger partial charge in [-0.1, -0.05) is 12.1 Å². The molecule has 7 nitrogen and oxygen atoms in total.